The van der Waals surface area contributed by atoms with Crippen LogP contribution in [0.1, 0.15) is 5.56 Å². The Bertz CT molecular complexity index is 665. The molecule has 1 unspecified atom stereocenters. The first kappa shape index (κ1) is 17.3. The van der Waals surface area contributed by atoms with E-state index in [9.17, 15) is 9.90 Å². The van der Waals surface area contributed by atoms with Gasteiger partial charge in [-0.2, -0.15) is 0 Å². The summed E-state index contributed by atoms with van der Waals surface area (Å²) >= 11 is 4.08. The molecule has 1 atom stereocenters. The minimum Gasteiger partial charge on any atom is -0.506 e. The van der Waals surface area contributed by atoms with Crippen LogP contribution in [-0.4, -0.2) is 22.2 Å². The maximum absolute atomic E-state index is 10.7. The molecule has 0 aliphatic rings. The van der Waals surface area contributed by atoms with Crippen LogP contribution in [0.4, 0.5) is 0 Å². The van der Waals surface area contributed by atoms with Gasteiger partial charge < -0.3 is 20.7 Å². The number of hydrogen-bond donors (Lipinski definition) is 3. The minimum absolute atomic E-state index is 0.242. The van der Waals surface area contributed by atoms with E-state index in [0.29, 0.717) is 18.6 Å². The molecule has 0 saturated heterocycles. The average Bonchev–Trinajstić information content (AvgIpc) is 2.46. The highest BCUT2D eigenvalue weighted by atomic mass is 127. The van der Waals surface area contributed by atoms with Crippen molar-refractivity contribution in [3.05, 3.63) is 49.1 Å². The lowest BCUT2D eigenvalue weighted by Gasteiger charge is -2.10. The zero-order valence-electron chi connectivity index (χ0n) is 11.3. The van der Waals surface area contributed by atoms with E-state index in [1.54, 1.807) is 36.4 Å². The second-order valence-corrected chi connectivity index (χ2v) is 6.95. The van der Waals surface area contributed by atoms with Crippen LogP contribution in [0.5, 0.6) is 17.2 Å². The van der Waals surface area contributed by atoms with Gasteiger partial charge in [0.05, 0.1) is 7.14 Å². The van der Waals surface area contributed by atoms with Crippen LogP contribution in [0.3, 0.4) is 0 Å². The normalized spacial score (nSPS) is 12.0. The van der Waals surface area contributed by atoms with Gasteiger partial charge in [0, 0.05) is 0 Å². The van der Waals surface area contributed by atoms with E-state index < -0.39 is 12.0 Å². The van der Waals surface area contributed by atoms with E-state index in [4.69, 9.17) is 15.6 Å². The van der Waals surface area contributed by atoms with E-state index in [1.165, 1.54) is 0 Å². The largest absolute Gasteiger partial charge is 0.506 e. The highest BCUT2D eigenvalue weighted by molar-refractivity contribution is 14.1. The molecule has 0 aliphatic carbocycles. The number of phenolic OH excluding ortho intramolecular Hbond substituents is 1. The molecule has 0 aromatic heterocycles. The average molecular weight is 525 g/mol. The Morgan fingerprint density at radius 1 is 1.14 bits per heavy atom. The van der Waals surface area contributed by atoms with Gasteiger partial charge in [-0.3, -0.25) is 4.79 Å². The summed E-state index contributed by atoms with van der Waals surface area (Å²) in [5.41, 5.74) is 6.33. The molecule has 0 spiro atoms. The number of nitrogens with two attached hydrogens (primary N) is 1. The summed E-state index contributed by atoms with van der Waals surface area (Å²) < 4.78 is 7.16. The standard InChI is InChI=1S/C15H13I2NO4/c16-11-6-10(7-12(17)14(11)19)22-9-3-1-8(2-4-9)5-13(18)15(20)21/h1-4,6-7,13,19H,5,18H2,(H,20,21). The summed E-state index contributed by atoms with van der Waals surface area (Å²) in [6, 6.07) is 9.67. The Balaban J connectivity index is 2.10. The predicted molar refractivity (Wildman–Crippen MR) is 99.4 cm³/mol. The SMILES string of the molecule is NC(Cc1ccc(Oc2cc(I)c(O)c(I)c2)cc1)C(=O)O. The van der Waals surface area contributed by atoms with Crippen LogP contribution in [0, 0.1) is 7.14 Å². The predicted octanol–water partition coefficient (Wildman–Crippen LogP) is 3.35. The highest BCUT2D eigenvalue weighted by Gasteiger charge is 2.12. The van der Waals surface area contributed by atoms with E-state index in [2.05, 4.69) is 0 Å². The summed E-state index contributed by atoms with van der Waals surface area (Å²) in [5, 5.41) is 18.5. The molecule has 7 heteroatoms. The summed E-state index contributed by atoms with van der Waals surface area (Å²) in [6.07, 6.45) is 0.268. The number of aliphatic carboxylic acids is 1. The quantitative estimate of drug-likeness (QED) is 0.522. The first-order chi connectivity index (χ1) is 10.4. The van der Waals surface area contributed by atoms with Crippen molar-refractivity contribution in [2.24, 2.45) is 5.73 Å². The Morgan fingerprint density at radius 2 is 1.68 bits per heavy atom. The molecule has 5 nitrogen and oxygen atoms in total. The third-order valence-electron chi connectivity index (χ3n) is 2.92. The maximum atomic E-state index is 10.7. The number of phenols is 1. The fourth-order valence-electron chi connectivity index (χ4n) is 1.77. The molecule has 0 fully saturated rings. The van der Waals surface area contributed by atoms with Crippen molar-refractivity contribution in [3.8, 4) is 17.2 Å². The second-order valence-electron chi connectivity index (χ2n) is 4.63. The first-order valence-electron chi connectivity index (χ1n) is 6.30. The molecular weight excluding hydrogens is 512 g/mol. The van der Waals surface area contributed by atoms with E-state index in [1.807, 2.05) is 45.2 Å². The van der Waals surface area contributed by atoms with Gasteiger partial charge in [0.15, 0.2) is 0 Å². The fraction of sp³-hybridized carbons (Fsp3) is 0.133. The molecular formula is C15H13I2NO4. The van der Waals surface area contributed by atoms with Crippen LogP contribution in [0.15, 0.2) is 36.4 Å². The van der Waals surface area contributed by atoms with Crippen LogP contribution < -0.4 is 10.5 Å². The number of benzene rings is 2. The molecule has 116 valence electrons. The topological polar surface area (TPSA) is 92.8 Å². The molecule has 0 bridgehead atoms. The number of carbonyl (C=O) groups is 1. The van der Waals surface area contributed by atoms with Crippen LogP contribution in [0.25, 0.3) is 0 Å². The van der Waals surface area contributed by atoms with E-state index in [0.717, 1.165) is 5.56 Å². The monoisotopic (exact) mass is 525 g/mol. The zero-order valence-corrected chi connectivity index (χ0v) is 15.6. The molecule has 0 saturated carbocycles. The fourth-order valence-corrected chi connectivity index (χ4v) is 3.48. The molecule has 2 aromatic carbocycles. The molecule has 22 heavy (non-hydrogen) atoms. The lowest BCUT2D eigenvalue weighted by molar-refractivity contribution is -0.138. The Labute approximate surface area is 154 Å². The Morgan fingerprint density at radius 3 is 2.18 bits per heavy atom. The molecule has 0 aliphatic heterocycles. The zero-order chi connectivity index (χ0) is 16.3. The molecule has 0 heterocycles. The van der Waals surface area contributed by atoms with Crippen molar-refractivity contribution in [2.75, 3.05) is 0 Å². The van der Waals surface area contributed by atoms with Crippen molar-refractivity contribution >= 4 is 51.2 Å². The highest BCUT2D eigenvalue weighted by Crippen LogP contribution is 2.32. The van der Waals surface area contributed by atoms with Gasteiger partial charge in [-0.1, -0.05) is 12.1 Å². The Kier molecular flexibility index (Phi) is 5.87. The first-order valence-corrected chi connectivity index (χ1v) is 8.45. The lowest BCUT2D eigenvalue weighted by Crippen LogP contribution is -2.32. The van der Waals surface area contributed by atoms with Crippen molar-refractivity contribution < 1.29 is 19.7 Å². The number of rotatable bonds is 5. The Hall–Kier alpha value is -1.07. The van der Waals surface area contributed by atoms with Gasteiger partial charge in [-0.15, -0.1) is 0 Å². The third-order valence-corrected chi connectivity index (χ3v) is 4.57. The smallest absolute Gasteiger partial charge is 0.320 e. The summed E-state index contributed by atoms with van der Waals surface area (Å²) in [4.78, 5) is 10.7. The van der Waals surface area contributed by atoms with Gasteiger partial charge >= 0.3 is 5.97 Å². The van der Waals surface area contributed by atoms with Gasteiger partial charge in [0.25, 0.3) is 0 Å². The minimum atomic E-state index is -1.02. The summed E-state index contributed by atoms with van der Waals surface area (Å²) in [5.74, 6) is 0.478. The number of hydrogen-bond acceptors (Lipinski definition) is 4. The van der Waals surface area contributed by atoms with E-state index >= 15 is 0 Å². The van der Waals surface area contributed by atoms with Crippen molar-refractivity contribution in [3.63, 3.8) is 0 Å². The summed E-state index contributed by atoms with van der Waals surface area (Å²) in [6.45, 7) is 0. The van der Waals surface area contributed by atoms with E-state index in [-0.39, 0.29) is 12.2 Å². The van der Waals surface area contributed by atoms with Crippen LogP contribution >= 0.6 is 45.2 Å². The molecule has 4 N–H and O–H groups in total. The van der Waals surface area contributed by atoms with Crippen LogP contribution in [0.2, 0.25) is 0 Å². The summed E-state index contributed by atoms with van der Waals surface area (Å²) in [7, 11) is 0. The van der Waals surface area contributed by atoms with Crippen molar-refractivity contribution in [2.45, 2.75) is 12.5 Å². The van der Waals surface area contributed by atoms with Gasteiger partial charge in [0.1, 0.15) is 23.3 Å². The van der Waals surface area contributed by atoms with Gasteiger partial charge in [0.2, 0.25) is 0 Å². The van der Waals surface area contributed by atoms with Crippen molar-refractivity contribution in [1.29, 1.82) is 0 Å². The number of ether oxygens (including phenoxy) is 1. The second kappa shape index (κ2) is 7.47. The van der Waals surface area contributed by atoms with Crippen LogP contribution in [-0.2, 0) is 11.2 Å². The van der Waals surface area contributed by atoms with Gasteiger partial charge in [-0.25, -0.2) is 0 Å². The lowest BCUT2D eigenvalue weighted by atomic mass is 10.1. The van der Waals surface area contributed by atoms with Crippen molar-refractivity contribution in [1.82, 2.24) is 0 Å². The number of aromatic hydroxyl groups is 1. The molecule has 2 aromatic rings. The number of halogens is 2. The number of carboxylic acids is 1. The maximum Gasteiger partial charge on any atom is 0.320 e. The number of carboxylic acid groups (broad SMARTS) is 1. The molecule has 2 rings (SSSR count). The molecule has 0 amide bonds. The van der Waals surface area contributed by atoms with Gasteiger partial charge in [-0.05, 0) is 81.4 Å². The molecule has 0 radical (unpaired) electrons. The third kappa shape index (κ3) is 4.46.